The third kappa shape index (κ3) is 4.95. The Morgan fingerprint density at radius 1 is 1.27 bits per heavy atom. The maximum atomic E-state index is 13.5. The maximum absolute atomic E-state index is 13.5. The summed E-state index contributed by atoms with van der Waals surface area (Å²) in [4.78, 5) is 26.1. The van der Waals surface area contributed by atoms with Crippen molar-refractivity contribution in [1.29, 1.82) is 0 Å². The minimum Gasteiger partial charge on any atom is -0.346 e. The molecule has 1 aliphatic heterocycles. The van der Waals surface area contributed by atoms with Crippen LogP contribution in [0.1, 0.15) is 19.8 Å². The van der Waals surface area contributed by atoms with Crippen molar-refractivity contribution < 1.29 is 22.8 Å². The lowest BCUT2D eigenvalue weighted by Crippen LogP contribution is -2.53. The molecule has 0 spiro atoms. The minimum atomic E-state index is -1.66. The molecule has 9 heteroatoms. The van der Waals surface area contributed by atoms with Gasteiger partial charge in [0.25, 0.3) is 0 Å². The number of carbonyl (C=O) groups excluding carboxylic acids is 2. The van der Waals surface area contributed by atoms with Crippen LogP contribution in [0, 0.1) is 17.5 Å². The molecule has 2 rings (SSSR count). The fraction of sp³-hybridized carbons (Fsp3) is 0.529. The number of benzene rings is 1. The molecule has 2 atom stereocenters. The zero-order chi connectivity index (χ0) is 19.3. The van der Waals surface area contributed by atoms with Gasteiger partial charge in [-0.15, -0.1) is 0 Å². The third-order valence-corrected chi connectivity index (χ3v) is 4.52. The topological polar surface area (TPSA) is 73.5 Å². The maximum Gasteiger partial charge on any atom is 0.243 e. The molecule has 0 radical (unpaired) electrons. The van der Waals surface area contributed by atoms with Crippen LogP contribution >= 0.6 is 0 Å². The number of likely N-dealkylation sites (tertiary alicyclic amines) is 1. The van der Waals surface area contributed by atoms with Gasteiger partial charge in [0.1, 0.15) is 0 Å². The Morgan fingerprint density at radius 3 is 2.69 bits per heavy atom. The van der Waals surface area contributed by atoms with E-state index in [1.807, 2.05) is 11.9 Å². The van der Waals surface area contributed by atoms with Crippen LogP contribution in [0.3, 0.4) is 0 Å². The predicted molar refractivity (Wildman–Crippen MR) is 91.1 cm³/mol. The second kappa shape index (κ2) is 9.00. The molecule has 0 aromatic heterocycles. The summed E-state index contributed by atoms with van der Waals surface area (Å²) in [5.41, 5.74) is -0.482. The highest BCUT2D eigenvalue weighted by molar-refractivity contribution is 5.95. The Labute approximate surface area is 150 Å². The van der Waals surface area contributed by atoms with Crippen LogP contribution < -0.4 is 16.0 Å². The molecule has 1 aliphatic rings. The van der Waals surface area contributed by atoms with Gasteiger partial charge in [-0.1, -0.05) is 0 Å². The SMILES string of the molecule is CNC1CCCN(C(C)C(=O)NCC(=O)Nc2ccc(F)c(F)c2F)C1. The van der Waals surface area contributed by atoms with Gasteiger partial charge in [0.15, 0.2) is 17.5 Å². The van der Waals surface area contributed by atoms with E-state index in [0.717, 1.165) is 32.0 Å². The van der Waals surface area contributed by atoms with Crippen molar-refractivity contribution in [2.45, 2.75) is 31.8 Å². The molecule has 6 nitrogen and oxygen atoms in total. The molecule has 1 saturated heterocycles. The molecule has 0 saturated carbocycles. The van der Waals surface area contributed by atoms with Gasteiger partial charge in [0.2, 0.25) is 11.8 Å². The number of amides is 2. The van der Waals surface area contributed by atoms with E-state index in [4.69, 9.17) is 0 Å². The summed E-state index contributed by atoms with van der Waals surface area (Å²) in [6.45, 7) is 2.88. The van der Waals surface area contributed by atoms with Crippen LogP contribution in [0.2, 0.25) is 0 Å². The Hall–Kier alpha value is -2.13. The molecule has 1 aromatic carbocycles. The molecular formula is C17H23F3N4O2. The van der Waals surface area contributed by atoms with Gasteiger partial charge >= 0.3 is 0 Å². The van der Waals surface area contributed by atoms with Crippen LogP contribution in [0.25, 0.3) is 0 Å². The van der Waals surface area contributed by atoms with Gasteiger partial charge in [-0.3, -0.25) is 14.5 Å². The van der Waals surface area contributed by atoms with Crippen LogP contribution in [-0.2, 0) is 9.59 Å². The monoisotopic (exact) mass is 372 g/mol. The van der Waals surface area contributed by atoms with Gasteiger partial charge in [-0.2, -0.15) is 0 Å². The largest absolute Gasteiger partial charge is 0.346 e. The zero-order valence-corrected chi connectivity index (χ0v) is 14.7. The predicted octanol–water partition coefficient (Wildman–Crippen LogP) is 1.23. The first-order valence-corrected chi connectivity index (χ1v) is 8.45. The standard InChI is InChI=1S/C17H23F3N4O2/c1-10(24-7-3-4-11(9-24)21-2)17(26)22-8-14(25)23-13-6-5-12(18)15(19)16(13)20/h5-6,10-11,21H,3-4,7-9H2,1-2H3,(H,22,26)(H,23,25). The third-order valence-electron chi connectivity index (χ3n) is 4.52. The van der Waals surface area contributed by atoms with Crippen molar-refractivity contribution in [3.05, 3.63) is 29.6 Å². The van der Waals surface area contributed by atoms with Crippen LogP contribution in [-0.4, -0.2) is 55.5 Å². The summed E-state index contributed by atoms with van der Waals surface area (Å²) >= 11 is 0. The molecule has 2 amide bonds. The molecule has 3 N–H and O–H groups in total. The second-order valence-corrected chi connectivity index (χ2v) is 6.29. The number of rotatable bonds is 6. The number of piperidine rings is 1. The van der Waals surface area contributed by atoms with Crippen LogP contribution in [0.15, 0.2) is 12.1 Å². The average Bonchev–Trinajstić information content (AvgIpc) is 2.66. The van der Waals surface area contributed by atoms with Gasteiger partial charge in [-0.05, 0) is 45.5 Å². The number of carbonyl (C=O) groups is 2. The Bertz CT molecular complexity index is 672. The van der Waals surface area contributed by atoms with Crippen molar-refractivity contribution in [2.75, 3.05) is 32.0 Å². The molecule has 1 heterocycles. The lowest BCUT2D eigenvalue weighted by atomic mass is 10.0. The molecule has 0 aliphatic carbocycles. The quantitative estimate of drug-likeness (QED) is 0.657. The second-order valence-electron chi connectivity index (χ2n) is 6.29. The van der Waals surface area contributed by atoms with Gasteiger partial charge in [0, 0.05) is 12.6 Å². The Kier molecular flexibility index (Phi) is 6.98. The molecule has 144 valence electrons. The smallest absolute Gasteiger partial charge is 0.243 e. The number of nitrogens with zero attached hydrogens (tertiary/aromatic N) is 1. The lowest BCUT2D eigenvalue weighted by Gasteiger charge is -2.35. The molecule has 26 heavy (non-hydrogen) atoms. The summed E-state index contributed by atoms with van der Waals surface area (Å²) in [7, 11) is 1.88. The number of anilines is 1. The number of hydrogen-bond donors (Lipinski definition) is 3. The van der Waals surface area contributed by atoms with E-state index in [1.165, 1.54) is 0 Å². The Morgan fingerprint density at radius 2 is 2.00 bits per heavy atom. The van der Waals surface area contributed by atoms with Gasteiger partial charge in [-0.25, -0.2) is 13.2 Å². The first-order chi connectivity index (χ1) is 12.3. The highest BCUT2D eigenvalue weighted by Gasteiger charge is 2.27. The van der Waals surface area contributed by atoms with Crippen molar-refractivity contribution in [2.24, 2.45) is 0 Å². The first-order valence-electron chi connectivity index (χ1n) is 8.45. The van der Waals surface area contributed by atoms with E-state index >= 15 is 0 Å². The number of nitrogens with one attached hydrogen (secondary N) is 3. The fourth-order valence-electron chi connectivity index (χ4n) is 2.89. The van der Waals surface area contributed by atoms with E-state index in [-0.39, 0.29) is 5.91 Å². The summed E-state index contributed by atoms with van der Waals surface area (Å²) in [6.07, 6.45) is 2.02. The van der Waals surface area contributed by atoms with E-state index in [0.29, 0.717) is 12.1 Å². The highest BCUT2D eigenvalue weighted by Crippen LogP contribution is 2.19. The van der Waals surface area contributed by atoms with E-state index in [1.54, 1.807) is 6.92 Å². The fourth-order valence-corrected chi connectivity index (χ4v) is 2.89. The minimum absolute atomic E-state index is 0.318. The van der Waals surface area contributed by atoms with E-state index in [9.17, 15) is 22.8 Å². The summed E-state index contributed by atoms with van der Waals surface area (Å²) < 4.78 is 39.6. The highest BCUT2D eigenvalue weighted by atomic mass is 19.2. The van der Waals surface area contributed by atoms with Gasteiger partial charge < -0.3 is 16.0 Å². The summed E-state index contributed by atoms with van der Waals surface area (Å²) in [6, 6.07) is 1.53. The Balaban J connectivity index is 1.85. The van der Waals surface area contributed by atoms with E-state index < -0.39 is 41.6 Å². The van der Waals surface area contributed by atoms with Crippen molar-refractivity contribution in [3.8, 4) is 0 Å². The van der Waals surface area contributed by atoms with Crippen LogP contribution in [0.5, 0.6) is 0 Å². The van der Waals surface area contributed by atoms with E-state index in [2.05, 4.69) is 16.0 Å². The van der Waals surface area contributed by atoms with Gasteiger partial charge in [0.05, 0.1) is 18.3 Å². The summed E-state index contributed by atoms with van der Waals surface area (Å²) in [5, 5.41) is 7.77. The van der Waals surface area contributed by atoms with Crippen molar-refractivity contribution in [1.82, 2.24) is 15.5 Å². The number of likely N-dealkylation sites (N-methyl/N-ethyl adjacent to an activating group) is 1. The zero-order valence-electron chi connectivity index (χ0n) is 14.7. The molecule has 0 bridgehead atoms. The number of halogens is 3. The molecule has 1 fully saturated rings. The van der Waals surface area contributed by atoms with Crippen LogP contribution in [0.4, 0.5) is 18.9 Å². The molecular weight excluding hydrogens is 349 g/mol. The average molecular weight is 372 g/mol. The molecule has 1 aromatic rings. The first kappa shape index (κ1) is 20.2. The number of hydrogen-bond acceptors (Lipinski definition) is 4. The lowest BCUT2D eigenvalue weighted by molar-refractivity contribution is -0.128. The molecule has 2 unspecified atom stereocenters. The van der Waals surface area contributed by atoms with Crippen molar-refractivity contribution in [3.63, 3.8) is 0 Å². The summed E-state index contributed by atoms with van der Waals surface area (Å²) in [5.74, 6) is -5.55. The van der Waals surface area contributed by atoms with Crippen molar-refractivity contribution >= 4 is 17.5 Å². The normalized spacial score (nSPS) is 19.0.